The minimum atomic E-state index is -0.250. The highest BCUT2D eigenvalue weighted by Gasteiger charge is 2.08. The Hall–Kier alpha value is -2.85. The van der Waals surface area contributed by atoms with Gasteiger partial charge < -0.3 is 10.6 Å². The summed E-state index contributed by atoms with van der Waals surface area (Å²) >= 11 is 6.10. The van der Waals surface area contributed by atoms with Crippen molar-refractivity contribution in [1.82, 2.24) is 4.98 Å². The van der Waals surface area contributed by atoms with Crippen molar-refractivity contribution < 1.29 is 4.79 Å². The van der Waals surface area contributed by atoms with E-state index in [0.29, 0.717) is 10.7 Å². The van der Waals surface area contributed by atoms with Crippen molar-refractivity contribution >= 4 is 34.6 Å². The van der Waals surface area contributed by atoms with E-state index in [1.165, 1.54) is 0 Å². The van der Waals surface area contributed by atoms with Gasteiger partial charge in [0.25, 0.3) is 5.91 Å². The van der Waals surface area contributed by atoms with E-state index in [9.17, 15) is 4.79 Å². The van der Waals surface area contributed by atoms with Gasteiger partial charge in [-0.2, -0.15) is 0 Å². The Balaban J connectivity index is 1.69. The highest BCUT2D eigenvalue weighted by molar-refractivity contribution is 6.33. The first-order valence-corrected chi connectivity index (χ1v) is 7.44. The number of aromatic nitrogens is 1. The third kappa shape index (κ3) is 3.87. The van der Waals surface area contributed by atoms with Gasteiger partial charge in [-0.3, -0.25) is 4.79 Å². The molecule has 0 spiro atoms. The molecule has 4 nitrogen and oxygen atoms in total. The van der Waals surface area contributed by atoms with Crippen molar-refractivity contribution in [2.75, 3.05) is 10.6 Å². The van der Waals surface area contributed by atoms with Crippen LogP contribution >= 0.6 is 11.6 Å². The van der Waals surface area contributed by atoms with Gasteiger partial charge in [0.05, 0.1) is 22.6 Å². The molecular formula is C18H14ClN3O. The number of anilines is 3. The minimum absolute atomic E-state index is 0.250. The molecule has 0 aliphatic rings. The molecule has 1 heterocycles. The number of carbonyl (C=O) groups excluding carboxylic acids is 1. The van der Waals surface area contributed by atoms with Crippen molar-refractivity contribution in [3.05, 3.63) is 83.6 Å². The van der Waals surface area contributed by atoms with Crippen molar-refractivity contribution in [2.45, 2.75) is 0 Å². The predicted octanol–water partition coefficient (Wildman–Crippen LogP) is 4.73. The SMILES string of the molecule is O=C(Nc1ccccc1)c1ccc(Nc2ccccc2Cl)cn1. The number of nitrogens with zero attached hydrogens (tertiary/aromatic N) is 1. The number of rotatable bonds is 4. The van der Waals surface area contributed by atoms with Crippen molar-refractivity contribution in [3.8, 4) is 0 Å². The van der Waals surface area contributed by atoms with Gasteiger partial charge in [-0.25, -0.2) is 4.98 Å². The fourth-order valence-electron chi connectivity index (χ4n) is 2.04. The van der Waals surface area contributed by atoms with Crippen LogP contribution in [0.2, 0.25) is 5.02 Å². The van der Waals surface area contributed by atoms with E-state index in [0.717, 1.165) is 17.1 Å². The molecular weight excluding hydrogens is 310 g/mol. The fraction of sp³-hybridized carbons (Fsp3) is 0. The van der Waals surface area contributed by atoms with Gasteiger partial charge in [-0.05, 0) is 36.4 Å². The number of hydrogen-bond donors (Lipinski definition) is 2. The first-order valence-electron chi connectivity index (χ1n) is 7.06. The van der Waals surface area contributed by atoms with Crippen molar-refractivity contribution in [3.63, 3.8) is 0 Å². The van der Waals surface area contributed by atoms with Gasteiger partial charge in [0.15, 0.2) is 0 Å². The van der Waals surface area contributed by atoms with Crippen LogP contribution in [0, 0.1) is 0 Å². The maximum Gasteiger partial charge on any atom is 0.274 e. The van der Waals surface area contributed by atoms with Crippen LogP contribution in [-0.2, 0) is 0 Å². The van der Waals surface area contributed by atoms with Gasteiger partial charge in [0.1, 0.15) is 5.69 Å². The molecule has 2 aromatic carbocycles. The predicted molar refractivity (Wildman–Crippen MR) is 93.4 cm³/mol. The average molecular weight is 324 g/mol. The van der Waals surface area contributed by atoms with E-state index < -0.39 is 0 Å². The number of pyridine rings is 1. The van der Waals surface area contributed by atoms with Crippen LogP contribution in [0.3, 0.4) is 0 Å². The second-order valence-corrected chi connectivity index (χ2v) is 5.26. The quantitative estimate of drug-likeness (QED) is 0.729. The summed E-state index contributed by atoms with van der Waals surface area (Å²) in [6.07, 6.45) is 1.60. The molecule has 5 heteroatoms. The van der Waals surface area contributed by atoms with Crippen LogP contribution in [0.25, 0.3) is 0 Å². The zero-order valence-corrected chi connectivity index (χ0v) is 12.9. The molecule has 0 saturated carbocycles. The Morgan fingerprint density at radius 3 is 2.30 bits per heavy atom. The summed E-state index contributed by atoms with van der Waals surface area (Å²) in [5.41, 5.74) is 2.63. The first-order chi connectivity index (χ1) is 11.2. The zero-order valence-electron chi connectivity index (χ0n) is 12.2. The molecule has 1 amide bonds. The topological polar surface area (TPSA) is 54.0 Å². The fourth-order valence-corrected chi connectivity index (χ4v) is 2.22. The summed E-state index contributed by atoms with van der Waals surface area (Å²) in [5, 5.41) is 6.58. The second kappa shape index (κ2) is 6.94. The minimum Gasteiger partial charge on any atom is -0.353 e. The lowest BCUT2D eigenvalue weighted by atomic mass is 10.2. The number of carbonyl (C=O) groups is 1. The summed E-state index contributed by atoms with van der Waals surface area (Å²) in [6, 6.07) is 20.1. The first kappa shape index (κ1) is 15.1. The lowest BCUT2D eigenvalue weighted by Gasteiger charge is -2.09. The molecule has 1 aromatic heterocycles. The van der Waals surface area contributed by atoms with Crippen LogP contribution in [0.15, 0.2) is 72.9 Å². The van der Waals surface area contributed by atoms with E-state index in [1.54, 1.807) is 24.4 Å². The molecule has 0 unspecified atom stereocenters. The molecule has 0 fully saturated rings. The molecule has 23 heavy (non-hydrogen) atoms. The molecule has 0 aliphatic heterocycles. The summed E-state index contributed by atoms with van der Waals surface area (Å²) in [5.74, 6) is -0.250. The van der Waals surface area contributed by atoms with Gasteiger partial charge in [-0.1, -0.05) is 41.9 Å². The average Bonchev–Trinajstić information content (AvgIpc) is 2.58. The monoisotopic (exact) mass is 323 g/mol. The van der Waals surface area contributed by atoms with Crippen LogP contribution in [0.1, 0.15) is 10.5 Å². The zero-order chi connectivity index (χ0) is 16.1. The van der Waals surface area contributed by atoms with E-state index in [1.807, 2.05) is 48.5 Å². The van der Waals surface area contributed by atoms with Gasteiger partial charge >= 0.3 is 0 Å². The number of para-hydroxylation sites is 2. The Morgan fingerprint density at radius 2 is 1.61 bits per heavy atom. The molecule has 0 atom stereocenters. The molecule has 0 radical (unpaired) electrons. The number of nitrogens with one attached hydrogen (secondary N) is 2. The smallest absolute Gasteiger partial charge is 0.274 e. The maximum atomic E-state index is 12.1. The molecule has 0 bridgehead atoms. The molecule has 2 N–H and O–H groups in total. The van der Waals surface area contributed by atoms with E-state index in [4.69, 9.17) is 11.6 Å². The number of hydrogen-bond acceptors (Lipinski definition) is 3. The highest BCUT2D eigenvalue weighted by atomic mass is 35.5. The highest BCUT2D eigenvalue weighted by Crippen LogP contribution is 2.24. The van der Waals surface area contributed by atoms with E-state index in [2.05, 4.69) is 15.6 Å². The van der Waals surface area contributed by atoms with Crippen LogP contribution in [0.5, 0.6) is 0 Å². The molecule has 0 aliphatic carbocycles. The van der Waals surface area contributed by atoms with Crippen LogP contribution in [-0.4, -0.2) is 10.9 Å². The summed E-state index contributed by atoms with van der Waals surface area (Å²) < 4.78 is 0. The van der Waals surface area contributed by atoms with Gasteiger partial charge in [0.2, 0.25) is 0 Å². The van der Waals surface area contributed by atoms with Crippen molar-refractivity contribution in [1.29, 1.82) is 0 Å². The molecule has 3 rings (SSSR count). The number of halogens is 1. The molecule has 114 valence electrons. The lowest BCUT2D eigenvalue weighted by molar-refractivity contribution is 0.102. The summed E-state index contributed by atoms with van der Waals surface area (Å²) in [7, 11) is 0. The third-order valence-corrected chi connectivity index (χ3v) is 3.51. The Kier molecular flexibility index (Phi) is 4.54. The van der Waals surface area contributed by atoms with E-state index in [-0.39, 0.29) is 5.91 Å². The Labute approximate surface area is 139 Å². The molecule has 3 aromatic rings. The Morgan fingerprint density at radius 1 is 0.870 bits per heavy atom. The van der Waals surface area contributed by atoms with Gasteiger partial charge in [0, 0.05) is 5.69 Å². The van der Waals surface area contributed by atoms with Crippen LogP contribution in [0.4, 0.5) is 17.1 Å². The normalized spacial score (nSPS) is 10.1. The van der Waals surface area contributed by atoms with Crippen molar-refractivity contribution in [2.24, 2.45) is 0 Å². The second-order valence-electron chi connectivity index (χ2n) is 4.86. The third-order valence-electron chi connectivity index (χ3n) is 3.18. The van der Waals surface area contributed by atoms with Crippen LogP contribution < -0.4 is 10.6 Å². The lowest BCUT2D eigenvalue weighted by Crippen LogP contribution is -2.13. The summed E-state index contributed by atoms with van der Waals surface area (Å²) in [4.78, 5) is 16.3. The number of amides is 1. The number of benzene rings is 2. The summed E-state index contributed by atoms with van der Waals surface area (Å²) in [6.45, 7) is 0. The maximum absolute atomic E-state index is 12.1. The Bertz CT molecular complexity index is 804. The largest absolute Gasteiger partial charge is 0.353 e. The molecule has 0 saturated heterocycles. The standard InChI is InChI=1S/C18H14ClN3O/c19-15-8-4-5-9-16(15)21-14-10-11-17(20-12-14)18(23)22-13-6-2-1-3-7-13/h1-12,21H,(H,22,23). The van der Waals surface area contributed by atoms with E-state index >= 15 is 0 Å². The van der Waals surface area contributed by atoms with Gasteiger partial charge in [-0.15, -0.1) is 0 Å².